The molecule has 2 aliphatic rings. The number of hydrogen-bond acceptors (Lipinski definition) is 2. The van der Waals surface area contributed by atoms with Crippen LogP contribution in [0.1, 0.15) is 25.7 Å². The smallest absolute Gasteiger partial charge is 0.0502 e. The van der Waals surface area contributed by atoms with E-state index >= 15 is 0 Å². The predicted molar refractivity (Wildman–Crippen MR) is 44.3 cm³/mol. The van der Waals surface area contributed by atoms with Gasteiger partial charge in [0.1, 0.15) is 0 Å². The van der Waals surface area contributed by atoms with Gasteiger partial charge in [-0.3, -0.25) is 0 Å². The topological polar surface area (TPSA) is 32.3 Å². The highest BCUT2D eigenvalue weighted by Crippen LogP contribution is 2.48. The van der Waals surface area contributed by atoms with Crippen LogP contribution in [0.15, 0.2) is 0 Å². The van der Waals surface area contributed by atoms with Crippen molar-refractivity contribution in [2.24, 2.45) is 11.3 Å². The van der Waals surface area contributed by atoms with Crippen LogP contribution >= 0.6 is 0 Å². The van der Waals surface area contributed by atoms with Crippen LogP contribution in [-0.2, 0) is 0 Å². The van der Waals surface area contributed by atoms with Gasteiger partial charge in [0.2, 0.25) is 0 Å². The molecule has 0 aromatic heterocycles. The van der Waals surface area contributed by atoms with Crippen LogP contribution in [0.2, 0.25) is 0 Å². The van der Waals surface area contributed by atoms with Crippen LogP contribution in [0.25, 0.3) is 0 Å². The Hall–Kier alpha value is -0.0800. The van der Waals surface area contributed by atoms with Crippen LogP contribution in [-0.4, -0.2) is 24.8 Å². The Morgan fingerprint density at radius 2 is 2.27 bits per heavy atom. The van der Waals surface area contributed by atoms with Gasteiger partial charge >= 0.3 is 0 Å². The fourth-order valence-electron chi connectivity index (χ4n) is 2.30. The summed E-state index contributed by atoms with van der Waals surface area (Å²) in [5, 5.41) is 12.7. The first-order valence-electron chi connectivity index (χ1n) is 4.69. The maximum Gasteiger partial charge on any atom is 0.0502 e. The fraction of sp³-hybridized carbons (Fsp3) is 1.00. The van der Waals surface area contributed by atoms with Gasteiger partial charge in [-0.2, -0.15) is 0 Å². The van der Waals surface area contributed by atoms with Gasteiger partial charge in [0.05, 0.1) is 6.61 Å². The van der Waals surface area contributed by atoms with E-state index in [4.69, 9.17) is 0 Å². The molecule has 1 atom stereocenters. The molecule has 64 valence electrons. The molecule has 1 saturated heterocycles. The molecular weight excluding hydrogens is 138 g/mol. The van der Waals surface area contributed by atoms with Crippen molar-refractivity contribution in [1.82, 2.24) is 5.32 Å². The van der Waals surface area contributed by atoms with E-state index in [-0.39, 0.29) is 5.41 Å². The standard InChI is InChI=1S/C9H17NO/c11-7-9(8-2-3-8)4-1-5-10-6-9/h8,10-11H,1-7H2. The van der Waals surface area contributed by atoms with Crippen molar-refractivity contribution < 1.29 is 5.11 Å². The van der Waals surface area contributed by atoms with Crippen molar-refractivity contribution in [3.8, 4) is 0 Å². The molecule has 1 aliphatic heterocycles. The molecule has 11 heavy (non-hydrogen) atoms. The Kier molecular flexibility index (Phi) is 1.90. The Morgan fingerprint density at radius 1 is 1.45 bits per heavy atom. The molecule has 0 aromatic carbocycles. The second-order valence-electron chi connectivity index (χ2n) is 4.08. The van der Waals surface area contributed by atoms with Gasteiger partial charge in [-0.15, -0.1) is 0 Å². The van der Waals surface area contributed by atoms with Gasteiger partial charge < -0.3 is 10.4 Å². The summed E-state index contributed by atoms with van der Waals surface area (Å²) in [6.07, 6.45) is 5.18. The third-order valence-corrected chi connectivity index (χ3v) is 3.26. The minimum Gasteiger partial charge on any atom is -0.396 e. The normalized spacial score (nSPS) is 39.0. The molecule has 2 N–H and O–H groups in total. The minimum atomic E-state index is 0.276. The summed E-state index contributed by atoms with van der Waals surface area (Å²) in [7, 11) is 0. The summed E-state index contributed by atoms with van der Waals surface area (Å²) in [4.78, 5) is 0. The van der Waals surface area contributed by atoms with Crippen LogP contribution < -0.4 is 5.32 Å². The Bertz CT molecular complexity index is 136. The SMILES string of the molecule is OCC1(C2CC2)CCCNC1. The predicted octanol–water partition coefficient (Wildman–Crippen LogP) is 0.758. The number of hydrogen-bond donors (Lipinski definition) is 2. The zero-order valence-electron chi connectivity index (χ0n) is 6.97. The van der Waals surface area contributed by atoms with E-state index in [2.05, 4.69) is 5.32 Å². The molecule has 2 rings (SSSR count). The van der Waals surface area contributed by atoms with E-state index in [1.54, 1.807) is 0 Å². The zero-order chi connectivity index (χ0) is 7.73. The van der Waals surface area contributed by atoms with Gasteiger partial charge in [0.15, 0.2) is 0 Å². The summed E-state index contributed by atoms with van der Waals surface area (Å²) in [6, 6.07) is 0. The van der Waals surface area contributed by atoms with E-state index in [1.807, 2.05) is 0 Å². The Balaban J connectivity index is 2.01. The zero-order valence-corrected chi connectivity index (χ0v) is 6.97. The molecule has 1 aliphatic carbocycles. The molecule has 0 spiro atoms. The number of piperidine rings is 1. The van der Waals surface area contributed by atoms with Gasteiger partial charge in [-0.25, -0.2) is 0 Å². The lowest BCUT2D eigenvalue weighted by Crippen LogP contribution is -2.44. The largest absolute Gasteiger partial charge is 0.396 e. The van der Waals surface area contributed by atoms with E-state index in [0.29, 0.717) is 6.61 Å². The molecule has 0 amide bonds. The van der Waals surface area contributed by atoms with Gasteiger partial charge in [0, 0.05) is 12.0 Å². The second kappa shape index (κ2) is 2.76. The lowest BCUT2D eigenvalue weighted by molar-refractivity contribution is 0.0731. The summed E-state index contributed by atoms with van der Waals surface area (Å²) >= 11 is 0. The van der Waals surface area contributed by atoms with Crippen molar-refractivity contribution in [3.05, 3.63) is 0 Å². The minimum absolute atomic E-state index is 0.276. The second-order valence-corrected chi connectivity index (χ2v) is 4.08. The summed E-state index contributed by atoms with van der Waals surface area (Å²) < 4.78 is 0. The maximum absolute atomic E-state index is 9.31. The molecule has 1 saturated carbocycles. The lowest BCUT2D eigenvalue weighted by atomic mass is 9.77. The van der Waals surface area contributed by atoms with Crippen LogP contribution in [0, 0.1) is 11.3 Å². The third-order valence-electron chi connectivity index (χ3n) is 3.26. The molecule has 2 nitrogen and oxygen atoms in total. The monoisotopic (exact) mass is 155 g/mol. The van der Waals surface area contributed by atoms with Crippen molar-refractivity contribution >= 4 is 0 Å². The molecule has 1 unspecified atom stereocenters. The highest BCUT2D eigenvalue weighted by Gasteiger charge is 2.44. The Morgan fingerprint density at radius 3 is 2.73 bits per heavy atom. The van der Waals surface area contributed by atoms with Gasteiger partial charge in [0.25, 0.3) is 0 Å². The van der Waals surface area contributed by atoms with E-state index in [9.17, 15) is 5.11 Å². The first kappa shape index (κ1) is 7.56. The average molecular weight is 155 g/mol. The highest BCUT2D eigenvalue weighted by molar-refractivity contribution is 4.96. The quantitative estimate of drug-likeness (QED) is 0.617. The van der Waals surface area contributed by atoms with Crippen molar-refractivity contribution in [1.29, 1.82) is 0 Å². The van der Waals surface area contributed by atoms with Gasteiger partial charge in [-0.05, 0) is 38.1 Å². The first-order chi connectivity index (χ1) is 5.37. The van der Waals surface area contributed by atoms with Crippen LogP contribution in [0.5, 0.6) is 0 Å². The van der Waals surface area contributed by atoms with Crippen molar-refractivity contribution in [2.45, 2.75) is 25.7 Å². The molecule has 0 aromatic rings. The molecule has 1 heterocycles. The highest BCUT2D eigenvalue weighted by atomic mass is 16.3. The molecule has 2 heteroatoms. The third kappa shape index (κ3) is 1.30. The number of aliphatic hydroxyl groups is 1. The number of nitrogens with one attached hydrogen (secondary N) is 1. The lowest BCUT2D eigenvalue weighted by Gasteiger charge is -2.36. The molecule has 2 fully saturated rings. The molecular formula is C9H17NO. The summed E-state index contributed by atoms with van der Waals surface area (Å²) in [5.41, 5.74) is 0.276. The van der Waals surface area contributed by atoms with E-state index in [1.165, 1.54) is 25.7 Å². The first-order valence-corrected chi connectivity index (χ1v) is 4.69. The fourth-order valence-corrected chi connectivity index (χ4v) is 2.30. The molecule has 0 radical (unpaired) electrons. The van der Waals surface area contributed by atoms with E-state index < -0.39 is 0 Å². The van der Waals surface area contributed by atoms with Crippen molar-refractivity contribution in [2.75, 3.05) is 19.7 Å². The summed E-state index contributed by atoms with van der Waals surface area (Å²) in [5.74, 6) is 0.834. The Labute approximate surface area is 68.0 Å². The number of aliphatic hydroxyl groups excluding tert-OH is 1. The van der Waals surface area contributed by atoms with Crippen LogP contribution in [0.3, 0.4) is 0 Å². The van der Waals surface area contributed by atoms with E-state index in [0.717, 1.165) is 19.0 Å². The van der Waals surface area contributed by atoms with Crippen LogP contribution in [0.4, 0.5) is 0 Å². The number of rotatable bonds is 2. The molecule has 0 bridgehead atoms. The maximum atomic E-state index is 9.31. The summed E-state index contributed by atoms with van der Waals surface area (Å²) in [6.45, 7) is 2.59. The van der Waals surface area contributed by atoms with Crippen molar-refractivity contribution in [3.63, 3.8) is 0 Å². The van der Waals surface area contributed by atoms with Gasteiger partial charge in [-0.1, -0.05) is 0 Å². The average Bonchev–Trinajstić information content (AvgIpc) is 2.88.